The molecule has 16 heavy (non-hydrogen) atoms. The lowest BCUT2D eigenvalue weighted by molar-refractivity contribution is -0.133. The van der Waals surface area contributed by atoms with Gasteiger partial charge < -0.3 is 4.90 Å². The van der Waals surface area contributed by atoms with Crippen LogP contribution in [0.4, 0.5) is 0 Å². The average Bonchev–Trinajstić information content (AvgIpc) is 2.57. The number of unbranched alkanes of at least 4 members (excludes halogenated alkanes) is 2. The molecule has 1 rings (SSSR count). The van der Waals surface area contributed by atoms with Crippen molar-refractivity contribution in [3.63, 3.8) is 0 Å². The van der Waals surface area contributed by atoms with Crippen molar-refractivity contribution in [1.29, 1.82) is 0 Å². The second-order valence-electron chi connectivity index (χ2n) is 5.14. The first kappa shape index (κ1) is 13.5. The first-order valence-electron chi connectivity index (χ1n) is 6.61. The van der Waals surface area contributed by atoms with Crippen LogP contribution < -0.4 is 5.32 Å². The molecule has 2 unspecified atom stereocenters. The SMILES string of the molecule is CCCCCC(C)N1CNC(C)(CC)C1=O. The molecule has 1 heterocycles. The van der Waals surface area contributed by atoms with Crippen LogP contribution in [0.15, 0.2) is 0 Å². The zero-order valence-corrected chi connectivity index (χ0v) is 11.2. The molecular weight excluding hydrogens is 200 g/mol. The van der Waals surface area contributed by atoms with Gasteiger partial charge in [-0.3, -0.25) is 10.1 Å². The van der Waals surface area contributed by atoms with E-state index >= 15 is 0 Å². The maximum Gasteiger partial charge on any atom is 0.243 e. The lowest BCUT2D eigenvalue weighted by Gasteiger charge is -2.26. The van der Waals surface area contributed by atoms with Gasteiger partial charge in [-0.25, -0.2) is 0 Å². The summed E-state index contributed by atoms with van der Waals surface area (Å²) in [5, 5.41) is 3.33. The number of hydrogen-bond donors (Lipinski definition) is 1. The highest BCUT2D eigenvalue weighted by Crippen LogP contribution is 2.22. The third kappa shape index (κ3) is 2.76. The summed E-state index contributed by atoms with van der Waals surface area (Å²) < 4.78 is 0. The van der Waals surface area contributed by atoms with Crippen LogP contribution in [0.25, 0.3) is 0 Å². The first-order valence-corrected chi connectivity index (χ1v) is 6.61. The van der Waals surface area contributed by atoms with E-state index in [9.17, 15) is 4.79 Å². The fraction of sp³-hybridized carbons (Fsp3) is 0.923. The summed E-state index contributed by atoms with van der Waals surface area (Å²) in [6.45, 7) is 9.17. The Kier molecular flexibility index (Phi) is 4.78. The number of nitrogens with zero attached hydrogens (tertiary/aromatic N) is 1. The molecule has 0 aromatic rings. The average molecular weight is 226 g/mol. The monoisotopic (exact) mass is 226 g/mol. The van der Waals surface area contributed by atoms with Crippen molar-refractivity contribution in [2.45, 2.75) is 71.4 Å². The van der Waals surface area contributed by atoms with Crippen LogP contribution in [0.2, 0.25) is 0 Å². The standard InChI is InChI=1S/C13H26N2O/c1-5-7-8-9-11(3)15-10-14-13(4,6-2)12(15)16/h11,14H,5-10H2,1-4H3. The number of amides is 1. The van der Waals surface area contributed by atoms with E-state index in [1.165, 1.54) is 19.3 Å². The first-order chi connectivity index (χ1) is 7.55. The Morgan fingerprint density at radius 3 is 2.62 bits per heavy atom. The van der Waals surface area contributed by atoms with Gasteiger partial charge in [-0.15, -0.1) is 0 Å². The van der Waals surface area contributed by atoms with E-state index in [4.69, 9.17) is 0 Å². The van der Waals surface area contributed by atoms with Gasteiger partial charge >= 0.3 is 0 Å². The van der Waals surface area contributed by atoms with Crippen molar-refractivity contribution in [2.24, 2.45) is 0 Å². The molecule has 0 saturated carbocycles. The van der Waals surface area contributed by atoms with Crippen LogP contribution in [0.5, 0.6) is 0 Å². The predicted octanol–water partition coefficient (Wildman–Crippen LogP) is 2.51. The maximum absolute atomic E-state index is 12.2. The normalized spacial score (nSPS) is 27.5. The second-order valence-corrected chi connectivity index (χ2v) is 5.14. The highest BCUT2D eigenvalue weighted by atomic mass is 16.2. The fourth-order valence-corrected chi connectivity index (χ4v) is 2.20. The second kappa shape index (κ2) is 5.67. The molecule has 0 aromatic carbocycles. The van der Waals surface area contributed by atoms with Gasteiger partial charge in [0, 0.05) is 6.04 Å². The molecule has 1 N–H and O–H groups in total. The van der Waals surface area contributed by atoms with Crippen molar-refractivity contribution >= 4 is 5.91 Å². The summed E-state index contributed by atoms with van der Waals surface area (Å²) in [5.41, 5.74) is -0.320. The lowest BCUT2D eigenvalue weighted by atomic mass is 9.98. The lowest BCUT2D eigenvalue weighted by Crippen LogP contribution is -2.44. The van der Waals surface area contributed by atoms with Crippen LogP contribution in [0, 0.1) is 0 Å². The van der Waals surface area contributed by atoms with Crippen LogP contribution in [-0.2, 0) is 4.79 Å². The zero-order valence-electron chi connectivity index (χ0n) is 11.2. The number of carbonyl (C=O) groups excluding carboxylic acids is 1. The smallest absolute Gasteiger partial charge is 0.243 e. The van der Waals surface area contributed by atoms with Gasteiger partial charge in [0.15, 0.2) is 0 Å². The van der Waals surface area contributed by atoms with Gasteiger partial charge in [-0.05, 0) is 26.7 Å². The Bertz CT molecular complexity index is 242. The van der Waals surface area contributed by atoms with Crippen LogP contribution >= 0.6 is 0 Å². The van der Waals surface area contributed by atoms with E-state index in [0.29, 0.717) is 6.04 Å². The Morgan fingerprint density at radius 1 is 1.44 bits per heavy atom. The van der Waals surface area contributed by atoms with E-state index in [0.717, 1.165) is 19.5 Å². The van der Waals surface area contributed by atoms with Crippen molar-refractivity contribution in [2.75, 3.05) is 6.67 Å². The van der Waals surface area contributed by atoms with Crippen molar-refractivity contribution in [3.05, 3.63) is 0 Å². The topological polar surface area (TPSA) is 32.3 Å². The van der Waals surface area contributed by atoms with E-state index in [2.05, 4.69) is 26.1 Å². The van der Waals surface area contributed by atoms with Gasteiger partial charge in [-0.1, -0.05) is 33.1 Å². The summed E-state index contributed by atoms with van der Waals surface area (Å²) in [5.74, 6) is 0.277. The summed E-state index contributed by atoms with van der Waals surface area (Å²) in [6.07, 6.45) is 5.73. The zero-order chi connectivity index (χ0) is 12.2. The summed E-state index contributed by atoms with van der Waals surface area (Å²) >= 11 is 0. The highest BCUT2D eigenvalue weighted by Gasteiger charge is 2.42. The van der Waals surface area contributed by atoms with Crippen LogP contribution in [-0.4, -0.2) is 29.1 Å². The van der Waals surface area contributed by atoms with Crippen LogP contribution in [0.1, 0.15) is 59.8 Å². The summed E-state index contributed by atoms with van der Waals surface area (Å²) in [6, 6.07) is 0.375. The molecule has 0 aromatic heterocycles. The molecule has 1 saturated heterocycles. The molecule has 2 atom stereocenters. The van der Waals surface area contributed by atoms with Crippen molar-refractivity contribution in [3.8, 4) is 0 Å². The summed E-state index contributed by atoms with van der Waals surface area (Å²) in [4.78, 5) is 14.2. The largest absolute Gasteiger partial charge is 0.326 e. The molecule has 3 nitrogen and oxygen atoms in total. The fourth-order valence-electron chi connectivity index (χ4n) is 2.20. The van der Waals surface area contributed by atoms with Gasteiger partial charge in [0.2, 0.25) is 5.91 Å². The Balaban J connectivity index is 2.47. The Morgan fingerprint density at radius 2 is 2.12 bits per heavy atom. The van der Waals surface area contributed by atoms with E-state index in [-0.39, 0.29) is 11.4 Å². The minimum Gasteiger partial charge on any atom is -0.326 e. The molecule has 0 spiro atoms. The van der Waals surface area contributed by atoms with Gasteiger partial charge in [0.05, 0.1) is 12.2 Å². The molecule has 1 fully saturated rings. The van der Waals surface area contributed by atoms with Gasteiger partial charge in [-0.2, -0.15) is 0 Å². The summed E-state index contributed by atoms with van der Waals surface area (Å²) in [7, 11) is 0. The highest BCUT2D eigenvalue weighted by molar-refractivity contribution is 5.88. The van der Waals surface area contributed by atoms with Crippen molar-refractivity contribution in [1.82, 2.24) is 10.2 Å². The predicted molar refractivity (Wildman–Crippen MR) is 67.1 cm³/mol. The number of rotatable bonds is 6. The minimum absolute atomic E-state index is 0.277. The van der Waals surface area contributed by atoms with Gasteiger partial charge in [0.25, 0.3) is 0 Å². The quantitative estimate of drug-likeness (QED) is 0.706. The molecule has 0 bridgehead atoms. The molecule has 94 valence electrons. The molecule has 0 radical (unpaired) electrons. The van der Waals surface area contributed by atoms with Crippen molar-refractivity contribution < 1.29 is 4.79 Å². The Labute approximate surface area is 99.6 Å². The maximum atomic E-state index is 12.2. The van der Waals surface area contributed by atoms with E-state index in [1.807, 2.05) is 11.8 Å². The third-order valence-corrected chi connectivity index (χ3v) is 3.84. The third-order valence-electron chi connectivity index (χ3n) is 3.84. The number of nitrogens with one attached hydrogen (secondary N) is 1. The number of hydrogen-bond acceptors (Lipinski definition) is 2. The van der Waals surface area contributed by atoms with E-state index < -0.39 is 0 Å². The molecule has 0 aliphatic carbocycles. The minimum atomic E-state index is -0.320. The molecule has 1 amide bonds. The molecular formula is C13H26N2O. The number of carbonyl (C=O) groups is 1. The van der Waals surface area contributed by atoms with Crippen LogP contribution in [0.3, 0.4) is 0 Å². The molecule has 3 heteroatoms. The molecule has 1 aliphatic heterocycles. The van der Waals surface area contributed by atoms with Gasteiger partial charge in [0.1, 0.15) is 0 Å². The van der Waals surface area contributed by atoms with E-state index in [1.54, 1.807) is 0 Å². The Hall–Kier alpha value is -0.570. The molecule has 1 aliphatic rings.